The minimum absolute atomic E-state index is 0.0111. The van der Waals surface area contributed by atoms with Crippen LogP contribution in [0.25, 0.3) is 16.9 Å². The van der Waals surface area contributed by atoms with Crippen molar-refractivity contribution in [2.24, 2.45) is 0 Å². The van der Waals surface area contributed by atoms with E-state index in [1.165, 1.54) is 19.4 Å². The first-order valence-corrected chi connectivity index (χ1v) is 11.8. The number of carbonyl (C=O) groups excluding carboxylic acids is 1. The van der Waals surface area contributed by atoms with E-state index in [-0.39, 0.29) is 42.7 Å². The van der Waals surface area contributed by atoms with Crippen LogP contribution in [0, 0.1) is 0 Å². The molecule has 1 aliphatic carbocycles. The Balaban J connectivity index is 1.42. The molecule has 1 atom stereocenters. The Morgan fingerprint density at radius 2 is 2.00 bits per heavy atom. The third kappa shape index (κ3) is 5.43. The number of benzene rings is 1. The van der Waals surface area contributed by atoms with Crippen LogP contribution in [0.5, 0.6) is 17.2 Å². The highest BCUT2D eigenvalue weighted by Gasteiger charge is 2.43. The number of likely N-dealkylation sites (tertiary alicyclic amines) is 1. The van der Waals surface area contributed by atoms with Crippen LogP contribution in [0.3, 0.4) is 0 Å². The fraction of sp³-hybridized carbons (Fsp3) is 0.440. The molecule has 0 bridgehead atoms. The van der Waals surface area contributed by atoms with Crippen molar-refractivity contribution in [3.8, 4) is 28.5 Å². The van der Waals surface area contributed by atoms with Crippen LogP contribution in [-0.4, -0.2) is 72.1 Å². The molecule has 198 valence electrons. The summed E-state index contributed by atoms with van der Waals surface area (Å²) >= 11 is 0. The molecule has 1 aliphatic heterocycles. The molecule has 0 radical (unpaired) electrons. The van der Waals surface area contributed by atoms with Gasteiger partial charge in [-0.1, -0.05) is 0 Å². The van der Waals surface area contributed by atoms with Crippen molar-refractivity contribution in [3.05, 3.63) is 42.2 Å². The molecule has 3 aromatic rings. The SMILES string of the molecule is COc1cc(-c2cnc3cc(OC[C@@H]4CC(F)(F)CN4C)ccn23)cc(OC(F)F)c1C(=O)NC1CC1. The van der Waals surface area contributed by atoms with E-state index >= 15 is 0 Å². The van der Waals surface area contributed by atoms with Crippen molar-refractivity contribution >= 4 is 11.6 Å². The van der Waals surface area contributed by atoms with E-state index in [0.29, 0.717) is 22.7 Å². The quantitative estimate of drug-likeness (QED) is 0.424. The number of hydrogen-bond donors (Lipinski definition) is 1. The molecule has 5 rings (SSSR count). The highest BCUT2D eigenvalue weighted by Crippen LogP contribution is 2.37. The number of methoxy groups -OCH3 is 1. The molecule has 1 aromatic carbocycles. The van der Waals surface area contributed by atoms with Gasteiger partial charge in [0.25, 0.3) is 11.8 Å². The Labute approximate surface area is 210 Å². The number of imidazole rings is 1. The largest absolute Gasteiger partial charge is 0.496 e. The van der Waals surface area contributed by atoms with Crippen LogP contribution in [-0.2, 0) is 0 Å². The first-order chi connectivity index (χ1) is 17.6. The molecule has 2 aliphatic rings. The maximum atomic E-state index is 13.6. The fourth-order valence-corrected chi connectivity index (χ4v) is 4.50. The first kappa shape index (κ1) is 25.1. The summed E-state index contributed by atoms with van der Waals surface area (Å²) in [7, 11) is 2.98. The number of hydrogen-bond acceptors (Lipinski definition) is 6. The molecule has 2 fully saturated rings. The van der Waals surface area contributed by atoms with Crippen molar-refractivity contribution in [2.45, 2.75) is 43.9 Å². The minimum atomic E-state index is -3.15. The third-order valence-corrected chi connectivity index (χ3v) is 6.50. The minimum Gasteiger partial charge on any atom is -0.496 e. The second kappa shape index (κ2) is 9.73. The molecule has 37 heavy (non-hydrogen) atoms. The lowest BCUT2D eigenvalue weighted by Crippen LogP contribution is -2.30. The smallest absolute Gasteiger partial charge is 0.387 e. The predicted molar refractivity (Wildman–Crippen MR) is 126 cm³/mol. The zero-order valence-corrected chi connectivity index (χ0v) is 20.2. The number of ether oxygens (including phenoxy) is 3. The lowest BCUT2D eigenvalue weighted by molar-refractivity contribution is -0.0502. The summed E-state index contributed by atoms with van der Waals surface area (Å²) in [6.07, 6.45) is 4.60. The van der Waals surface area contributed by atoms with Gasteiger partial charge in [0.05, 0.1) is 25.5 Å². The van der Waals surface area contributed by atoms with Gasteiger partial charge in [-0.3, -0.25) is 14.1 Å². The lowest BCUT2D eigenvalue weighted by atomic mass is 10.1. The number of nitrogens with zero attached hydrogens (tertiary/aromatic N) is 3. The molecule has 2 aromatic heterocycles. The Bertz CT molecular complexity index is 1310. The normalized spacial score (nSPS) is 19.4. The Kier molecular flexibility index (Phi) is 6.61. The van der Waals surface area contributed by atoms with E-state index in [9.17, 15) is 22.4 Å². The van der Waals surface area contributed by atoms with E-state index in [1.807, 2.05) is 0 Å². The molecule has 1 N–H and O–H groups in total. The summed E-state index contributed by atoms with van der Waals surface area (Å²) < 4.78 is 71.3. The zero-order chi connectivity index (χ0) is 26.3. The monoisotopic (exact) mass is 522 g/mol. The summed E-state index contributed by atoms with van der Waals surface area (Å²) in [4.78, 5) is 18.7. The second-order valence-electron chi connectivity index (χ2n) is 9.35. The van der Waals surface area contributed by atoms with Crippen LogP contribution in [0.2, 0.25) is 0 Å². The summed E-state index contributed by atoms with van der Waals surface area (Å²) in [5.41, 5.74) is 1.35. The van der Waals surface area contributed by atoms with Crippen LogP contribution in [0.4, 0.5) is 17.6 Å². The standard InChI is InChI=1S/C25H26F4N4O4/c1-32-13-25(28,29)10-16(32)12-36-17-5-6-33-18(11-30-21(33)9-17)14-7-19(35-2)22(20(8-14)37-24(26)27)23(34)31-15-3-4-15/h5-9,11,15-16,24H,3-4,10,12-13H2,1-2H3,(H,31,34)/t16-/m0/s1. The molecule has 12 heteroatoms. The highest BCUT2D eigenvalue weighted by molar-refractivity contribution is 6.01. The van der Waals surface area contributed by atoms with Gasteiger partial charge in [0.2, 0.25) is 0 Å². The highest BCUT2D eigenvalue weighted by atomic mass is 19.3. The van der Waals surface area contributed by atoms with Gasteiger partial charge in [-0.15, -0.1) is 0 Å². The lowest BCUT2D eigenvalue weighted by Gasteiger charge is -2.18. The van der Waals surface area contributed by atoms with Crippen molar-refractivity contribution in [1.82, 2.24) is 19.6 Å². The second-order valence-corrected chi connectivity index (χ2v) is 9.35. The Morgan fingerprint density at radius 3 is 2.65 bits per heavy atom. The summed E-state index contributed by atoms with van der Waals surface area (Å²) in [6, 6.07) is 5.83. The van der Waals surface area contributed by atoms with Crippen molar-refractivity contribution < 1.29 is 36.6 Å². The van der Waals surface area contributed by atoms with E-state index in [2.05, 4.69) is 10.3 Å². The number of fused-ring (bicyclic) bond motifs is 1. The number of carbonyl (C=O) groups is 1. The molecule has 3 heterocycles. The third-order valence-electron chi connectivity index (χ3n) is 6.50. The average molecular weight is 522 g/mol. The van der Waals surface area contributed by atoms with E-state index in [1.54, 1.807) is 40.7 Å². The summed E-state index contributed by atoms with van der Waals surface area (Å²) in [5.74, 6) is -3.05. The van der Waals surface area contributed by atoms with E-state index in [4.69, 9.17) is 14.2 Å². The van der Waals surface area contributed by atoms with Gasteiger partial charge in [-0.2, -0.15) is 8.78 Å². The van der Waals surface area contributed by atoms with E-state index in [0.717, 1.165) is 12.8 Å². The van der Waals surface area contributed by atoms with E-state index < -0.39 is 24.5 Å². The van der Waals surface area contributed by atoms with Crippen LogP contribution < -0.4 is 19.5 Å². The number of alkyl halides is 4. The zero-order valence-electron chi connectivity index (χ0n) is 20.2. The van der Waals surface area contributed by atoms with Gasteiger partial charge >= 0.3 is 6.61 Å². The number of rotatable bonds is 9. The number of aromatic nitrogens is 2. The van der Waals surface area contributed by atoms with Crippen LogP contribution in [0.15, 0.2) is 36.7 Å². The number of halogens is 4. The van der Waals surface area contributed by atoms with Gasteiger partial charge in [0, 0.05) is 36.3 Å². The molecule has 0 spiro atoms. The predicted octanol–water partition coefficient (Wildman–Crippen LogP) is 4.22. The number of nitrogens with one attached hydrogen (secondary N) is 1. The molecule has 1 saturated carbocycles. The molecule has 1 amide bonds. The average Bonchev–Trinajstić information content (AvgIpc) is 3.47. The fourth-order valence-electron chi connectivity index (χ4n) is 4.50. The maximum Gasteiger partial charge on any atom is 0.387 e. The van der Waals surface area contributed by atoms with Gasteiger partial charge in [-0.25, -0.2) is 13.8 Å². The molecule has 0 unspecified atom stereocenters. The molecular weight excluding hydrogens is 496 g/mol. The molecule has 8 nitrogen and oxygen atoms in total. The van der Waals surface area contributed by atoms with Crippen LogP contribution in [0.1, 0.15) is 29.6 Å². The number of amides is 1. The van der Waals surface area contributed by atoms with Gasteiger partial charge in [-0.05, 0) is 38.1 Å². The van der Waals surface area contributed by atoms with Crippen molar-refractivity contribution in [2.75, 3.05) is 27.3 Å². The summed E-state index contributed by atoms with van der Waals surface area (Å²) in [6.45, 7) is -3.34. The van der Waals surface area contributed by atoms with Crippen molar-refractivity contribution in [3.63, 3.8) is 0 Å². The first-order valence-electron chi connectivity index (χ1n) is 11.8. The topological polar surface area (TPSA) is 77.3 Å². The Hall–Kier alpha value is -3.54. The van der Waals surface area contributed by atoms with Crippen LogP contribution >= 0.6 is 0 Å². The maximum absolute atomic E-state index is 13.6. The van der Waals surface area contributed by atoms with Gasteiger partial charge in [0.15, 0.2) is 0 Å². The molecule has 1 saturated heterocycles. The Morgan fingerprint density at radius 1 is 1.24 bits per heavy atom. The van der Waals surface area contributed by atoms with Crippen molar-refractivity contribution in [1.29, 1.82) is 0 Å². The molecular formula is C25H26F4N4O4. The number of likely N-dealkylation sites (N-methyl/N-ethyl adjacent to an activating group) is 1. The van der Waals surface area contributed by atoms with Gasteiger partial charge in [0.1, 0.15) is 35.1 Å². The summed E-state index contributed by atoms with van der Waals surface area (Å²) in [5, 5.41) is 2.77. The number of pyridine rings is 1. The van der Waals surface area contributed by atoms with Gasteiger partial charge < -0.3 is 19.5 Å².